The van der Waals surface area contributed by atoms with E-state index in [1.54, 1.807) is 31.4 Å². The van der Waals surface area contributed by atoms with Gasteiger partial charge in [-0.1, -0.05) is 6.42 Å². The number of ether oxygens (including phenoxy) is 1. The molecule has 0 radical (unpaired) electrons. The van der Waals surface area contributed by atoms with E-state index in [2.05, 4.69) is 10.6 Å². The summed E-state index contributed by atoms with van der Waals surface area (Å²) in [6, 6.07) is 6.50. The molecule has 0 unspecified atom stereocenters. The molecule has 0 aromatic heterocycles. The highest BCUT2D eigenvalue weighted by Gasteiger charge is 2.44. The van der Waals surface area contributed by atoms with Gasteiger partial charge in [-0.25, -0.2) is 0 Å². The van der Waals surface area contributed by atoms with Crippen LogP contribution in [0.3, 0.4) is 0 Å². The number of carboxylic acids is 1. The maximum atomic E-state index is 12.4. The van der Waals surface area contributed by atoms with Gasteiger partial charge in [-0.05, 0) is 37.1 Å². The van der Waals surface area contributed by atoms with Crippen LogP contribution >= 0.6 is 0 Å². The van der Waals surface area contributed by atoms with Crippen molar-refractivity contribution in [1.29, 1.82) is 0 Å². The molecule has 0 spiro atoms. The van der Waals surface area contributed by atoms with Crippen molar-refractivity contribution in [2.45, 2.75) is 25.7 Å². The molecule has 7 nitrogen and oxygen atoms in total. The third-order valence-corrected chi connectivity index (χ3v) is 4.24. The Kier molecular flexibility index (Phi) is 5.92. The number of hydrogen-bond donors (Lipinski definition) is 3. The molecule has 1 aliphatic carbocycles. The van der Waals surface area contributed by atoms with Gasteiger partial charge in [0.05, 0.1) is 18.4 Å². The van der Waals surface area contributed by atoms with Crippen LogP contribution in [0.1, 0.15) is 36.0 Å². The van der Waals surface area contributed by atoms with E-state index in [0.29, 0.717) is 17.9 Å². The van der Waals surface area contributed by atoms with Gasteiger partial charge in [-0.2, -0.15) is 0 Å². The summed E-state index contributed by atoms with van der Waals surface area (Å²) in [7, 11) is 1.59. The first-order valence-corrected chi connectivity index (χ1v) is 7.87. The van der Waals surface area contributed by atoms with E-state index in [0.717, 1.165) is 19.3 Å². The fourth-order valence-corrected chi connectivity index (χ4v) is 2.67. The highest BCUT2D eigenvalue weighted by molar-refractivity contribution is 5.97. The van der Waals surface area contributed by atoms with Gasteiger partial charge in [0, 0.05) is 24.9 Å². The predicted octanol–water partition coefficient (Wildman–Crippen LogP) is 1.65. The minimum atomic E-state index is -0.964. The van der Waals surface area contributed by atoms with Crippen LogP contribution in [-0.4, -0.2) is 43.2 Å². The van der Waals surface area contributed by atoms with E-state index in [1.807, 2.05) is 0 Å². The number of nitrogens with one attached hydrogen (secondary N) is 2. The average Bonchev–Trinajstić information content (AvgIpc) is 2.51. The number of rotatable bonds is 8. The number of amides is 2. The van der Waals surface area contributed by atoms with Crippen molar-refractivity contribution in [2.24, 2.45) is 5.41 Å². The molecule has 1 aromatic rings. The number of carbonyl (C=O) groups excluding carboxylic acids is 2. The lowest BCUT2D eigenvalue weighted by atomic mass is 9.68. The van der Waals surface area contributed by atoms with Crippen LogP contribution in [0.25, 0.3) is 0 Å². The summed E-state index contributed by atoms with van der Waals surface area (Å²) >= 11 is 0. The van der Waals surface area contributed by atoms with Gasteiger partial charge < -0.3 is 20.5 Å². The SMILES string of the molecule is COCC1(C(=O)Nc2ccc(C(=O)NCCC(=O)O)cc2)CCC1. The predicted molar refractivity (Wildman–Crippen MR) is 87.8 cm³/mol. The number of anilines is 1. The second-order valence-electron chi connectivity index (χ2n) is 6.00. The summed E-state index contributed by atoms with van der Waals surface area (Å²) < 4.78 is 5.16. The first-order valence-electron chi connectivity index (χ1n) is 7.87. The van der Waals surface area contributed by atoms with Gasteiger partial charge in [-0.3, -0.25) is 14.4 Å². The zero-order valence-electron chi connectivity index (χ0n) is 13.6. The van der Waals surface area contributed by atoms with Crippen LogP contribution in [0.15, 0.2) is 24.3 Å². The largest absolute Gasteiger partial charge is 0.481 e. The Morgan fingerprint density at radius 3 is 2.38 bits per heavy atom. The number of methoxy groups -OCH3 is 1. The molecule has 1 aromatic carbocycles. The smallest absolute Gasteiger partial charge is 0.305 e. The molecule has 1 aliphatic rings. The van der Waals surface area contributed by atoms with Crippen molar-refractivity contribution in [2.75, 3.05) is 25.6 Å². The standard InChI is InChI=1S/C17H22N2O5/c1-24-11-17(8-2-9-17)16(23)19-13-5-3-12(4-6-13)15(22)18-10-7-14(20)21/h3-6H,2,7-11H2,1H3,(H,18,22)(H,19,23)(H,20,21). The van der Waals surface area contributed by atoms with Gasteiger partial charge in [0.2, 0.25) is 5.91 Å². The van der Waals surface area contributed by atoms with E-state index in [4.69, 9.17) is 9.84 Å². The minimum absolute atomic E-state index is 0.0609. The molecule has 3 N–H and O–H groups in total. The summed E-state index contributed by atoms with van der Waals surface area (Å²) in [5, 5.41) is 13.9. The zero-order chi connectivity index (χ0) is 17.6. The number of carboxylic acid groups (broad SMARTS) is 1. The fourth-order valence-electron chi connectivity index (χ4n) is 2.67. The van der Waals surface area contributed by atoms with Gasteiger partial charge >= 0.3 is 5.97 Å². The quantitative estimate of drug-likeness (QED) is 0.670. The molecule has 1 saturated carbocycles. The van der Waals surface area contributed by atoms with Crippen molar-refractivity contribution in [3.8, 4) is 0 Å². The van der Waals surface area contributed by atoms with Crippen LogP contribution < -0.4 is 10.6 Å². The van der Waals surface area contributed by atoms with E-state index in [9.17, 15) is 14.4 Å². The second kappa shape index (κ2) is 7.92. The third kappa shape index (κ3) is 4.32. The zero-order valence-corrected chi connectivity index (χ0v) is 13.6. The lowest BCUT2D eigenvalue weighted by Gasteiger charge is -2.39. The maximum absolute atomic E-state index is 12.4. The van der Waals surface area contributed by atoms with E-state index < -0.39 is 11.4 Å². The molecule has 2 rings (SSSR count). The molecule has 24 heavy (non-hydrogen) atoms. The molecule has 1 fully saturated rings. The van der Waals surface area contributed by atoms with Gasteiger partial charge in [0.25, 0.3) is 5.91 Å². The number of aliphatic carboxylic acids is 1. The van der Waals surface area contributed by atoms with Crippen molar-refractivity contribution in [3.63, 3.8) is 0 Å². The van der Waals surface area contributed by atoms with Crippen molar-refractivity contribution in [3.05, 3.63) is 29.8 Å². The highest BCUT2D eigenvalue weighted by atomic mass is 16.5. The molecule has 0 bridgehead atoms. The Morgan fingerprint density at radius 2 is 1.88 bits per heavy atom. The van der Waals surface area contributed by atoms with Gasteiger partial charge in [0.15, 0.2) is 0 Å². The molecule has 7 heteroatoms. The normalized spacial score (nSPS) is 15.2. The van der Waals surface area contributed by atoms with E-state index in [1.165, 1.54) is 0 Å². The second-order valence-corrected chi connectivity index (χ2v) is 6.00. The lowest BCUT2D eigenvalue weighted by Crippen LogP contribution is -2.45. The Balaban J connectivity index is 1.91. The monoisotopic (exact) mass is 334 g/mol. The topological polar surface area (TPSA) is 105 Å². The summed E-state index contributed by atoms with van der Waals surface area (Å²) in [6.45, 7) is 0.481. The van der Waals surface area contributed by atoms with Crippen LogP contribution in [-0.2, 0) is 14.3 Å². The number of benzene rings is 1. The highest BCUT2D eigenvalue weighted by Crippen LogP contribution is 2.42. The Labute approximate surface area is 140 Å². The van der Waals surface area contributed by atoms with Crippen LogP contribution in [0.2, 0.25) is 0 Å². The van der Waals surface area contributed by atoms with Crippen molar-refractivity contribution >= 4 is 23.5 Å². The van der Waals surface area contributed by atoms with E-state index in [-0.39, 0.29) is 24.8 Å². The van der Waals surface area contributed by atoms with Crippen LogP contribution in [0.4, 0.5) is 5.69 Å². The summed E-state index contributed by atoms with van der Waals surface area (Å²) in [5.74, 6) is -1.37. The Bertz CT molecular complexity index is 608. The summed E-state index contributed by atoms with van der Waals surface area (Å²) in [5.41, 5.74) is 0.583. The Morgan fingerprint density at radius 1 is 1.21 bits per heavy atom. The molecule has 0 aliphatic heterocycles. The first kappa shape index (κ1) is 17.9. The molecule has 130 valence electrons. The number of carbonyl (C=O) groups is 3. The first-order chi connectivity index (χ1) is 11.5. The van der Waals surface area contributed by atoms with Crippen LogP contribution in [0.5, 0.6) is 0 Å². The molecular weight excluding hydrogens is 312 g/mol. The minimum Gasteiger partial charge on any atom is -0.481 e. The Hall–Kier alpha value is -2.41. The number of hydrogen-bond acceptors (Lipinski definition) is 4. The van der Waals surface area contributed by atoms with Crippen LogP contribution in [0, 0.1) is 5.41 Å². The lowest BCUT2D eigenvalue weighted by molar-refractivity contribution is -0.137. The van der Waals surface area contributed by atoms with Gasteiger partial charge in [-0.15, -0.1) is 0 Å². The summed E-state index contributed by atoms with van der Waals surface area (Å²) in [6.07, 6.45) is 2.53. The maximum Gasteiger partial charge on any atom is 0.305 e. The molecular formula is C17H22N2O5. The molecule has 0 heterocycles. The molecule has 2 amide bonds. The van der Waals surface area contributed by atoms with E-state index >= 15 is 0 Å². The molecule has 0 atom stereocenters. The summed E-state index contributed by atoms with van der Waals surface area (Å²) in [4.78, 5) is 34.7. The third-order valence-electron chi connectivity index (χ3n) is 4.24. The van der Waals surface area contributed by atoms with Crippen molar-refractivity contribution in [1.82, 2.24) is 5.32 Å². The average molecular weight is 334 g/mol. The van der Waals surface area contributed by atoms with Crippen molar-refractivity contribution < 1.29 is 24.2 Å². The van der Waals surface area contributed by atoms with Gasteiger partial charge in [0.1, 0.15) is 0 Å². The fraction of sp³-hybridized carbons (Fsp3) is 0.471. The molecule has 0 saturated heterocycles.